The number of carbonyl (C=O) groups is 2. The highest BCUT2D eigenvalue weighted by atomic mass is 16.5. The van der Waals surface area contributed by atoms with Gasteiger partial charge in [-0.25, -0.2) is 0 Å². The Balaban J connectivity index is 2.50. The maximum Gasteiger partial charge on any atom is 0.310 e. The van der Waals surface area contributed by atoms with Gasteiger partial charge in [-0.05, 0) is 18.8 Å². The maximum atomic E-state index is 12.3. The number of ether oxygens (including phenoxy) is 1. The number of esters is 1. The lowest BCUT2D eigenvalue weighted by atomic mass is 9.86. The van der Waals surface area contributed by atoms with Crippen LogP contribution in [0.5, 0.6) is 0 Å². The number of rotatable bonds is 7. The monoisotopic (exact) mass is 285 g/mol. The summed E-state index contributed by atoms with van der Waals surface area (Å²) < 4.78 is 4.68. The van der Waals surface area contributed by atoms with E-state index >= 15 is 0 Å². The van der Waals surface area contributed by atoms with Crippen LogP contribution in [-0.2, 0) is 14.3 Å². The highest BCUT2D eigenvalue weighted by Crippen LogP contribution is 2.26. The summed E-state index contributed by atoms with van der Waals surface area (Å²) in [6.45, 7) is 2.26. The van der Waals surface area contributed by atoms with Gasteiger partial charge in [0.25, 0.3) is 0 Å². The van der Waals surface area contributed by atoms with Crippen molar-refractivity contribution in [2.75, 3.05) is 26.8 Å². The summed E-state index contributed by atoms with van der Waals surface area (Å²) in [5.41, 5.74) is 0. The van der Waals surface area contributed by atoms with Crippen molar-refractivity contribution in [2.45, 2.75) is 45.4 Å². The first-order chi connectivity index (χ1) is 9.58. The molecule has 0 aromatic rings. The van der Waals surface area contributed by atoms with Crippen molar-refractivity contribution >= 4 is 11.9 Å². The Bertz CT molecular complexity index is 313. The summed E-state index contributed by atoms with van der Waals surface area (Å²) in [7, 11) is 1.35. The van der Waals surface area contributed by atoms with E-state index in [0.717, 1.165) is 12.8 Å². The van der Waals surface area contributed by atoms with Gasteiger partial charge in [0.05, 0.1) is 19.6 Å². The van der Waals surface area contributed by atoms with Gasteiger partial charge in [-0.1, -0.05) is 26.2 Å². The Morgan fingerprint density at radius 1 is 1.30 bits per heavy atom. The molecule has 1 fully saturated rings. The summed E-state index contributed by atoms with van der Waals surface area (Å²) in [4.78, 5) is 25.3. The fraction of sp³-hybridized carbons (Fsp3) is 0.867. The van der Waals surface area contributed by atoms with Crippen molar-refractivity contribution in [3.63, 3.8) is 0 Å². The fourth-order valence-electron chi connectivity index (χ4n) is 2.81. The van der Waals surface area contributed by atoms with E-state index in [0.29, 0.717) is 18.9 Å². The molecule has 5 nitrogen and oxygen atoms in total. The zero-order valence-corrected chi connectivity index (χ0v) is 12.6. The van der Waals surface area contributed by atoms with Crippen LogP contribution in [0.3, 0.4) is 0 Å². The highest BCUT2D eigenvalue weighted by molar-refractivity contribution is 5.78. The van der Waals surface area contributed by atoms with Crippen LogP contribution in [0.15, 0.2) is 0 Å². The molecule has 116 valence electrons. The molecule has 0 heterocycles. The zero-order valence-electron chi connectivity index (χ0n) is 12.6. The van der Waals surface area contributed by atoms with Crippen molar-refractivity contribution in [3.05, 3.63) is 0 Å². The summed E-state index contributed by atoms with van der Waals surface area (Å²) in [6.07, 6.45) is 6.45. The number of carbonyl (C=O) groups excluding carboxylic acids is 2. The van der Waals surface area contributed by atoms with Gasteiger partial charge in [0.1, 0.15) is 0 Å². The second-order valence-corrected chi connectivity index (χ2v) is 5.70. The Labute approximate surface area is 121 Å². The third-order valence-corrected chi connectivity index (χ3v) is 4.01. The summed E-state index contributed by atoms with van der Waals surface area (Å²) in [6, 6.07) is 0. The van der Waals surface area contributed by atoms with Gasteiger partial charge in [0.2, 0.25) is 5.91 Å². The first-order valence-electron chi connectivity index (χ1n) is 7.55. The van der Waals surface area contributed by atoms with Crippen LogP contribution < -0.4 is 0 Å². The average Bonchev–Trinajstić information content (AvgIpc) is 2.46. The first-order valence-corrected chi connectivity index (χ1v) is 7.55. The van der Waals surface area contributed by atoms with Crippen LogP contribution in [0.1, 0.15) is 45.4 Å². The lowest BCUT2D eigenvalue weighted by Crippen LogP contribution is -2.39. The van der Waals surface area contributed by atoms with Gasteiger partial charge in [0.15, 0.2) is 0 Å². The Morgan fingerprint density at radius 2 is 1.95 bits per heavy atom. The standard InChI is InChI=1S/C15H27NO4/c1-12(15(19)20-2)11-16(8-9-17)14(18)10-13-6-4-3-5-7-13/h12-13,17H,3-11H2,1-2H3. The number of hydrogen-bond acceptors (Lipinski definition) is 4. The number of nitrogens with zero attached hydrogens (tertiary/aromatic N) is 1. The molecule has 0 aromatic carbocycles. The van der Waals surface area contributed by atoms with Crippen molar-refractivity contribution in [1.82, 2.24) is 4.90 Å². The van der Waals surface area contributed by atoms with E-state index in [1.807, 2.05) is 0 Å². The summed E-state index contributed by atoms with van der Waals surface area (Å²) in [5, 5.41) is 9.09. The van der Waals surface area contributed by atoms with Crippen molar-refractivity contribution in [1.29, 1.82) is 0 Å². The van der Waals surface area contributed by atoms with E-state index in [-0.39, 0.29) is 30.9 Å². The van der Waals surface area contributed by atoms with Crippen LogP contribution in [0, 0.1) is 11.8 Å². The number of aliphatic hydroxyl groups excluding tert-OH is 1. The van der Waals surface area contributed by atoms with Crippen LogP contribution in [0.2, 0.25) is 0 Å². The van der Waals surface area contributed by atoms with Crippen molar-refractivity contribution < 1.29 is 19.4 Å². The second-order valence-electron chi connectivity index (χ2n) is 5.70. The number of amides is 1. The largest absolute Gasteiger partial charge is 0.469 e. The predicted molar refractivity (Wildman–Crippen MR) is 76.0 cm³/mol. The molecule has 20 heavy (non-hydrogen) atoms. The third kappa shape index (κ3) is 5.49. The molecule has 1 N–H and O–H groups in total. The number of methoxy groups -OCH3 is 1. The minimum atomic E-state index is -0.359. The predicted octanol–water partition coefficient (Wildman–Crippen LogP) is 1.59. The molecule has 0 bridgehead atoms. The molecule has 0 aliphatic heterocycles. The molecular weight excluding hydrogens is 258 g/mol. The summed E-state index contributed by atoms with van der Waals surface area (Å²) in [5.74, 6) is -0.173. The SMILES string of the molecule is COC(=O)C(C)CN(CCO)C(=O)CC1CCCCC1. The average molecular weight is 285 g/mol. The molecule has 1 atom stereocenters. The molecule has 0 saturated heterocycles. The van der Waals surface area contributed by atoms with Gasteiger partial charge in [0, 0.05) is 19.5 Å². The van der Waals surface area contributed by atoms with E-state index in [2.05, 4.69) is 4.74 Å². The van der Waals surface area contributed by atoms with Gasteiger partial charge in [-0.15, -0.1) is 0 Å². The number of aliphatic hydroxyl groups is 1. The van der Waals surface area contributed by atoms with E-state index in [9.17, 15) is 9.59 Å². The van der Waals surface area contributed by atoms with E-state index in [4.69, 9.17) is 5.11 Å². The normalized spacial score (nSPS) is 17.6. The molecule has 1 saturated carbocycles. The molecule has 1 rings (SSSR count). The van der Waals surface area contributed by atoms with Gasteiger partial charge in [-0.3, -0.25) is 9.59 Å². The Hall–Kier alpha value is -1.10. The van der Waals surface area contributed by atoms with Gasteiger partial charge in [-0.2, -0.15) is 0 Å². The molecule has 0 spiro atoms. The fourth-order valence-corrected chi connectivity index (χ4v) is 2.81. The quantitative estimate of drug-likeness (QED) is 0.721. The minimum Gasteiger partial charge on any atom is -0.469 e. The van der Waals surface area contributed by atoms with Gasteiger partial charge >= 0.3 is 5.97 Å². The van der Waals surface area contributed by atoms with E-state index in [1.54, 1.807) is 11.8 Å². The molecular formula is C15H27NO4. The summed E-state index contributed by atoms with van der Waals surface area (Å²) >= 11 is 0. The number of hydrogen-bond donors (Lipinski definition) is 1. The zero-order chi connectivity index (χ0) is 15.0. The van der Waals surface area contributed by atoms with Gasteiger partial charge < -0.3 is 14.7 Å². The topological polar surface area (TPSA) is 66.8 Å². The van der Waals surface area contributed by atoms with Crippen molar-refractivity contribution in [3.8, 4) is 0 Å². The Kier molecular flexibility index (Phi) is 7.59. The molecule has 1 unspecified atom stereocenters. The minimum absolute atomic E-state index is 0.0432. The third-order valence-electron chi connectivity index (χ3n) is 4.01. The van der Waals surface area contributed by atoms with Crippen LogP contribution >= 0.6 is 0 Å². The van der Waals surface area contributed by atoms with Crippen LogP contribution in [-0.4, -0.2) is 48.7 Å². The highest BCUT2D eigenvalue weighted by Gasteiger charge is 2.24. The molecule has 0 aromatic heterocycles. The van der Waals surface area contributed by atoms with Crippen molar-refractivity contribution in [2.24, 2.45) is 11.8 Å². The maximum absolute atomic E-state index is 12.3. The molecule has 0 radical (unpaired) electrons. The molecule has 1 aliphatic carbocycles. The molecule has 5 heteroatoms. The second kappa shape index (κ2) is 8.95. The van der Waals surface area contributed by atoms with Crippen LogP contribution in [0.4, 0.5) is 0 Å². The molecule has 1 aliphatic rings. The molecule has 1 amide bonds. The smallest absolute Gasteiger partial charge is 0.310 e. The van der Waals surface area contributed by atoms with E-state index < -0.39 is 0 Å². The lowest BCUT2D eigenvalue weighted by Gasteiger charge is -2.27. The van der Waals surface area contributed by atoms with E-state index in [1.165, 1.54) is 26.4 Å². The Morgan fingerprint density at radius 3 is 2.50 bits per heavy atom. The lowest BCUT2D eigenvalue weighted by molar-refractivity contribution is -0.146. The van der Waals surface area contributed by atoms with Crippen LogP contribution in [0.25, 0.3) is 0 Å². The first kappa shape index (κ1) is 17.0.